The van der Waals surface area contributed by atoms with E-state index in [9.17, 15) is 4.79 Å². The van der Waals surface area contributed by atoms with Crippen molar-refractivity contribution >= 4 is 5.91 Å². The molecule has 1 rings (SSSR count). The van der Waals surface area contributed by atoms with Gasteiger partial charge in [-0.2, -0.15) is 0 Å². The Morgan fingerprint density at radius 3 is 2.12 bits per heavy atom. The van der Waals surface area contributed by atoms with Gasteiger partial charge in [0.1, 0.15) is 0 Å². The minimum absolute atomic E-state index is 0.0324. The van der Waals surface area contributed by atoms with Crippen LogP contribution in [0.4, 0.5) is 0 Å². The fourth-order valence-electron chi connectivity index (χ4n) is 0.879. The van der Waals surface area contributed by atoms with Crippen LogP contribution in [-0.2, 0) is 4.79 Å². The maximum absolute atomic E-state index is 10.3. The molecular formula is C5H10N2O. The highest BCUT2D eigenvalue weighted by Gasteiger charge is 2.31. The first-order chi connectivity index (χ1) is 3.72. The fraction of sp³-hybridized carbons (Fsp3) is 0.800. The summed E-state index contributed by atoms with van der Waals surface area (Å²) in [5.74, 6) is -0.279. The molecule has 0 aromatic heterocycles. The Bertz CT molecular complexity index is 113. The van der Waals surface area contributed by atoms with E-state index in [1.54, 1.807) is 0 Å². The molecule has 0 radical (unpaired) electrons. The van der Waals surface area contributed by atoms with Crippen LogP contribution in [0.3, 0.4) is 0 Å². The summed E-state index contributed by atoms with van der Waals surface area (Å²) in [6, 6.07) is 0.0486. The maximum Gasteiger partial charge on any atom is 0.222 e. The first kappa shape index (κ1) is 5.56. The van der Waals surface area contributed by atoms with E-state index in [-0.39, 0.29) is 17.9 Å². The first-order valence-electron chi connectivity index (χ1n) is 2.76. The van der Waals surface area contributed by atoms with E-state index in [1.165, 1.54) is 0 Å². The zero-order valence-electron chi connectivity index (χ0n) is 4.63. The van der Waals surface area contributed by atoms with Crippen molar-refractivity contribution in [3.63, 3.8) is 0 Å². The first-order valence-corrected chi connectivity index (χ1v) is 2.76. The molecule has 3 heteroatoms. The van der Waals surface area contributed by atoms with E-state index in [0.717, 1.165) is 12.8 Å². The van der Waals surface area contributed by atoms with Crippen LogP contribution in [0.2, 0.25) is 0 Å². The van der Waals surface area contributed by atoms with Gasteiger partial charge in [-0.25, -0.2) is 0 Å². The summed E-state index contributed by atoms with van der Waals surface area (Å²) in [7, 11) is 0. The van der Waals surface area contributed by atoms with Gasteiger partial charge < -0.3 is 11.5 Å². The molecule has 1 fully saturated rings. The molecule has 1 amide bonds. The van der Waals surface area contributed by atoms with Crippen LogP contribution in [0, 0.1) is 5.92 Å². The molecule has 0 heterocycles. The topological polar surface area (TPSA) is 69.1 Å². The van der Waals surface area contributed by atoms with E-state index >= 15 is 0 Å². The zero-order chi connectivity index (χ0) is 6.15. The van der Waals surface area contributed by atoms with Crippen molar-refractivity contribution in [2.24, 2.45) is 17.4 Å². The molecule has 0 aromatic carbocycles. The predicted molar refractivity (Wildman–Crippen MR) is 29.9 cm³/mol. The van der Waals surface area contributed by atoms with Crippen molar-refractivity contribution in [3.05, 3.63) is 0 Å². The molecule has 4 N–H and O–H groups in total. The summed E-state index contributed by atoms with van der Waals surface area (Å²) in [5.41, 5.74) is 10.4. The lowest BCUT2D eigenvalue weighted by Crippen LogP contribution is -2.46. The van der Waals surface area contributed by atoms with Gasteiger partial charge in [0.25, 0.3) is 0 Å². The van der Waals surface area contributed by atoms with E-state index in [1.807, 2.05) is 0 Å². The molecule has 0 bridgehead atoms. The van der Waals surface area contributed by atoms with Crippen molar-refractivity contribution in [3.8, 4) is 0 Å². The third-order valence-corrected chi connectivity index (χ3v) is 1.69. The molecule has 1 saturated carbocycles. The van der Waals surface area contributed by atoms with E-state index in [0.29, 0.717) is 0 Å². The smallest absolute Gasteiger partial charge is 0.222 e. The number of rotatable bonds is 1. The Balaban J connectivity index is 2.37. The van der Waals surface area contributed by atoms with Gasteiger partial charge in [-0.1, -0.05) is 0 Å². The molecule has 0 saturated heterocycles. The van der Waals surface area contributed by atoms with Gasteiger partial charge in [-0.05, 0) is 12.8 Å². The monoisotopic (exact) mass is 114 g/mol. The molecule has 0 aromatic rings. The summed E-state index contributed by atoms with van der Waals surface area (Å²) in [4.78, 5) is 10.3. The van der Waals surface area contributed by atoms with Crippen molar-refractivity contribution in [1.29, 1.82) is 0 Å². The van der Waals surface area contributed by atoms with Crippen molar-refractivity contribution in [2.45, 2.75) is 18.9 Å². The van der Waals surface area contributed by atoms with Crippen molar-refractivity contribution < 1.29 is 4.79 Å². The summed E-state index contributed by atoms with van der Waals surface area (Å²) in [6.07, 6.45) is 1.84. The van der Waals surface area contributed by atoms with Crippen molar-refractivity contribution in [1.82, 2.24) is 0 Å². The van der Waals surface area contributed by atoms with E-state index in [4.69, 9.17) is 11.5 Å². The predicted octanol–water partition coefficient (Wildman–Crippen LogP) is -0.791. The van der Waals surface area contributed by atoms with Crippen LogP contribution in [0.5, 0.6) is 0 Å². The highest BCUT2D eigenvalue weighted by molar-refractivity contribution is 5.78. The lowest BCUT2D eigenvalue weighted by molar-refractivity contribution is -0.124. The van der Waals surface area contributed by atoms with Gasteiger partial charge in [-0.3, -0.25) is 4.79 Å². The third kappa shape index (κ3) is 0.690. The highest BCUT2D eigenvalue weighted by Crippen LogP contribution is 2.24. The summed E-state index contributed by atoms with van der Waals surface area (Å²) < 4.78 is 0. The standard InChI is InChI=1S/C5H10N2O/c6-4-2-1-3(4)5(7)8/h3-4H,1-2,6H2,(H2,7,8)/t3-,4+/m1/s1. The highest BCUT2D eigenvalue weighted by atomic mass is 16.1. The van der Waals surface area contributed by atoms with Crippen LogP contribution in [0.15, 0.2) is 0 Å². The minimum atomic E-state index is -0.247. The van der Waals surface area contributed by atoms with Gasteiger partial charge in [-0.15, -0.1) is 0 Å². The number of hydrogen-bond acceptors (Lipinski definition) is 2. The van der Waals surface area contributed by atoms with Gasteiger partial charge >= 0.3 is 0 Å². The number of nitrogens with two attached hydrogens (primary N) is 2. The second-order valence-electron chi connectivity index (χ2n) is 2.25. The van der Waals surface area contributed by atoms with Crippen LogP contribution < -0.4 is 11.5 Å². The quantitative estimate of drug-likeness (QED) is 0.469. The normalized spacial score (nSPS) is 36.1. The third-order valence-electron chi connectivity index (χ3n) is 1.69. The number of amides is 1. The summed E-state index contributed by atoms with van der Waals surface area (Å²) in [5, 5.41) is 0. The Kier molecular flexibility index (Phi) is 1.21. The van der Waals surface area contributed by atoms with Crippen LogP contribution in [0.1, 0.15) is 12.8 Å². The fourth-order valence-corrected chi connectivity index (χ4v) is 0.879. The molecule has 0 aliphatic heterocycles. The SMILES string of the molecule is NC(=O)[C@@H]1CC[C@@H]1N. The van der Waals surface area contributed by atoms with Crippen LogP contribution in [-0.4, -0.2) is 11.9 Å². The molecule has 0 spiro atoms. The molecule has 0 unspecified atom stereocenters. The Morgan fingerprint density at radius 1 is 1.50 bits per heavy atom. The summed E-state index contributed by atoms with van der Waals surface area (Å²) in [6.45, 7) is 0. The Hall–Kier alpha value is -0.570. The second-order valence-corrected chi connectivity index (χ2v) is 2.25. The molecule has 3 nitrogen and oxygen atoms in total. The number of primary amides is 1. The summed E-state index contributed by atoms with van der Waals surface area (Å²) >= 11 is 0. The number of hydrogen-bond donors (Lipinski definition) is 2. The minimum Gasteiger partial charge on any atom is -0.369 e. The largest absolute Gasteiger partial charge is 0.369 e. The average molecular weight is 114 g/mol. The van der Waals surface area contributed by atoms with Gasteiger partial charge in [0.05, 0.1) is 5.92 Å². The van der Waals surface area contributed by atoms with Crippen LogP contribution in [0.25, 0.3) is 0 Å². The zero-order valence-corrected chi connectivity index (χ0v) is 4.63. The second kappa shape index (κ2) is 1.74. The average Bonchev–Trinajstić information content (AvgIpc) is 1.61. The number of carbonyl (C=O) groups excluding carboxylic acids is 1. The Labute approximate surface area is 48.0 Å². The molecule has 8 heavy (non-hydrogen) atoms. The lowest BCUT2D eigenvalue weighted by atomic mass is 9.80. The van der Waals surface area contributed by atoms with Crippen LogP contribution >= 0.6 is 0 Å². The van der Waals surface area contributed by atoms with Crippen molar-refractivity contribution in [2.75, 3.05) is 0 Å². The maximum atomic E-state index is 10.3. The number of carbonyl (C=O) groups is 1. The molecule has 2 atom stereocenters. The molecule has 1 aliphatic carbocycles. The lowest BCUT2D eigenvalue weighted by Gasteiger charge is -2.30. The Morgan fingerprint density at radius 2 is 2.12 bits per heavy atom. The molecule has 1 aliphatic rings. The van der Waals surface area contributed by atoms with Gasteiger partial charge in [0, 0.05) is 6.04 Å². The molecule has 46 valence electrons. The molecular weight excluding hydrogens is 104 g/mol. The van der Waals surface area contributed by atoms with E-state index in [2.05, 4.69) is 0 Å². The van der Waals surface area contributed by atoms with Gasteiger partial charge in [0.15, 0.2) is 0 Å². The van der Waals surface area contributed by atoms with Gasteiger partial charge in [0.2, 0.25) is 5.91 Å². The van der Waals surface area contributed by atoms with E-state index < -0.39 is 0 Å².